The van der Waals surface area contributed by atoms with Crippen molar-refractivity contribution in [3.63, 3.8) is 0 Å². The lowest BCUT2D eigenvalue weighted by molar-refractivity contribution is -0.144. The summed E-state index contributed by atoms with van der Waals surface area (Å²) in [5.74, 6) is -0.583. The molecular formula is C13H23N3O3. The molecule has 0 saturated heterocycles. The van der Waals surface area contributed by atoms with Crippen LogP contribution in [-0.2, 0) is 4.79 Å². The van der Waals surface area contributed by atoms with Crippen molar-refractivity contribution in [2.24, 2.45) is 17.8 Å². The number of carbonyl (C=O) groups excluding carboxylic acids is 1. The highest BCUT2D eigenvalue weighted by atomic mass is 16.4. The SMILES string of the molecule is CNCCCNC(=O)NC1C2CCC(C2)C1C(=O)O. The largest absolute Gasteiger partial charge is 0.481 e. The van der Waals surface area contributed by atoms with E-state index in [9.17, 15) is 14.7 Å². The molecule has 2 fully saturated rings. The second-order valence-electron chi connectivity index (χ2n) is 5.58. The van der Waals surface area contributed by atoms with Crippen molar-refractivity contribution in [2.75, 3.05) is 20.1 Å². The summed E-state index contributed by atoms with van der Waals surface area (Å²) in [6.07, 6.45) is 3.84. The van der Waals surface area contributed by atoms with Gasteiger partial charge in [0.2, 0.25) is 0 Å². The van der Waals surface area contributed by atoms with Gasteiger partial charge in [0.25, 0.3) is 0 Å². The van der Waals surface area contributed by atoms with Crippen LogP contribution in [0, 0.1) is 17.8 Å². The van der Waals surface area contributed by atoms with Gasteiger partial charge in [-0.05, 0) is 51.1 Å². The molecule has 2 aliphatic rings. The molecule has 108 valence electrons. The predicted octanol–water partition coefficient (Wildman–Crippen LogP) is 0.394. The molecule has 0 aromatic carbocycles. The van der Waals surface area contributed by atoms with Gasteiger partial charge in [-0.25, -0.2) is 4.79 Å². The topological polar surface area (TPSA) is 90.5 Å². The number of hydrogen-bond donors (Lipinski definition) is 4. The molecule has 6 heteroatoms. The molecule has 2 aliphatic carbocycles. The van der Waals surface area contributed by atoms with Crippen LogP contribution in [0.4, 0.5) is 4.79 Å². The van der Waals surface area contributed by atoms with Crippen molar-refractivity contribution in [3.8, 4) is 0 Å². The van der Waals surface area contributed by atoms with E-state index < -0.39 is 11.9 Å². The number of carboxylic acid groups (broad SMARTS) is 1. The molecular weight excluding hydrogens is 246 g/mol. The van der Waals surface area contributed by atoms with Crippen LogP contribution in [0.15, 0.2) is 0 Å². The first-order valence-corrected chi connectivity index (χ1v) is 7.05. The van der Waals surface area contributed by atoms with Crippen LogP contribution in [0.25, 0.3) is 0 Å². The Bertz CT molecular complexity index is 348. The Morgan fingerprint density at radius 2 is 1.95 bits per heavy atom. The quantitative estimate of drug-likeness (QED) is 0.525. The molecule has 2 amide bonds. The summed E-state index contributed by atoms with van der Waals surface area (Å²) in [5, 5.41) is 17.9. The zero-order chi connectivity index (χ0) is 13.8. The van der Waals surface area contributed by atoms with Crippen molar-refractivity contribution >= 4 is 12.0 Å². The molecule has 0 aromatic rings. The molecule has 0 aliphatic heterocycles. The van der Waals surface area contributed by atoms with E-state index >= 15 is 0 Å². The Labute approximate surface area is 113 Å². The maximum atomic E-state index is 11.8. The second kappa shape index (κ2) is 6.23. The maximum Gasteiger partial charge on any atom is 0.315 e. The van der Waals surface area contributed by atoms with E-state index in [4.69, 9.17) is 0 Å². The van der Waals surface area contributed by atoms with Crippen LogP contribution in [0.2, 0.25) is 0 Å². The monoisotopic (exact) mass is 269 g/mol. The molecule has 2 saturated carbocycles. The predicted molar refractivity (Wildman–Crippen MR) is 70.8 cm³/mol. The first-order valence-electron chi connectivity index (χ1n) is 7.05. The zero-order valence-electron chi connectivity index (χ0n) is 11.3. The minimum absolute atomic E-state index is 0.194. The average molecular weight is 269 g/mol. The first kappa shape index (κ1) is 14.1. The smallest absolute Gasteiger partial charge is 0.315 e. The van der Waals surface area contributed by atoms with Crippen LogP contribution >= 0.6 is 0 Å². The molecule has 0 radical (unpaired) electrons. The third-order valence-corrected chi connectivity index (χ3v) is 4.39. The molecule has 4 N–H and O–H groups in total. The Balaban J connectivity index is 1.80. The molecule has 6 nitrogen and oxygen atoms in total. The van der Waals surface area contributed by atoms with E-state index in [0.29, 0.717) is 12.5 Å². The standard InChI is InChI=1S/C13H23N3O3/c1-14-5-2-6-15-13(19)16-11-9-4-3-8(7-9)10(11)12(17)18/h8-11,14H,2-7H2,1H3,(H,17,18)(H2,15,16,19). The Morgan fingerprint density at radius 3 is 2.63 bits per heavy atom. The van der Waals surface area contributed by atoms with Crippen molar-refractivity contribution in [1.82, 2.24) is 16.0 Å². The van der Waals surface area contributed by atoms with Gasteiger partial charge >= 0.3 is 12.0 Å². The maximum absolute atomic E-state index is 11.8. The summed E-state index contributed by atoms with van der Waals surface area (Å²) in [4.78, 5) is 23.1. The van der Waals surface area contributed by atoms with Crippen LogP contribution < -0.4 is 16.0 Å². The minimum Gasteiger partial charge on any atom is -0.481 e. The van der Waals surface area contributed by atoms with Gasteiger partial charge in [0.05, 0.1) is 5.92 Å². The van der Waals surface area contributed by atoms with Gasteiger partial charge in [-0.2, -0.15) is 0 Å². The van der Waals surface area contributed by atoms with E-state index in [0.717, 1.165) is 32.2 Å². The van der Waals surface area contributed by atoms with E-state index in [2.05, 4.69) is 16.0 Å². The number of carbonyl (C=O) groups is 2. The molecule has 0 spiro atoms. The number of amides is 2. The van der Waals surface area contributed by atoms with Gasteiger partial charge in [-0.15, -0.1) is 0 Å². The highest BCUT2D eigenvalue weighted by Gasteiger charge is 2.51. The summed E-state index contributed by atoms with van der Waals surface area (Å²) in [5.41, 5.74) is 0. The van der Waals surface area contributed by atoms with E-state index in [1.54, 1.807) is 0 Å². The van der Waals surface area contributed by atoms with Crippen molar-refractivity contribution in [2.45, 2.75) is 31.7 Å². The number of urea groups is 1. The molecule has 2 rings (SSSR count). The lowest BCUT2D eigenvalue weighted by Gasteiger charge is -2.28. The third-order valence-electron chi connectivity index (χ3n) is 4.39. The normalized spacial score (nSPS) is 32.3. The molecule has 4 unspecified atom stereocenters. The van der Waals surface area contributed by atoms with Crippen molar-refractivity contribution in [1.29, 1.82) is 0 Å². The number of carboxylic acids is 1. The summed E-state index contributed by atoms with van der Waals surface area (Å²) >= 11 is 0. The van der Waals surface area contributed by atoms with E-state index in [1.165, 1.54) is 0 Å². The van der Waals surface area contributed by atoms with Gasteiger partial charge in [0.1, 0.15) is 0 Å². The number of rotatable bonds is 6. The molecule has 4 atom stereocenters. The summed E-state index contributed by atoms with van der Waals surface area (Å²) in [6.45, 7) is 1.46. The van der Waals surface area contributed by atoms with Gasteiger partial charge in [0.15, 0.2) is 0 Å². The first-order chi connectivity index (χ1) is 9.13. The summed E-state index contributed by atoms with van der Waals surface area (Å²) in [6, 6.07) is -0.430. The van der Waals surface area contributed by atoms with Gasteiger partial charge in [-0.1, -0.05) is 0 Å². The summed E-state index contributed by atoms with van der Waals surface area (Å²) in [7, 11) is 1.87. The zero-order valence-corrected chi connectivity index (χ0v) is 11.3. The fraction of sp³-hybridized carbons (Fsp3) is 0.846. The van der Waals surface area contributed by atoms with Crippen LogP contribution in [0.3, 0.4) is 0 Å². The number of aliphatic carboxylic acids is 1. The van der Waals surface area contributed by atoms with Crippen LogP contribution in [0.5, 0.6) is 0 Å². The van der Waals surface area contributed by atoms with Crippen molar-refractivity contribution < 1.29 is 14.7 Å². The average Bonchev–Trinajstić information content (AvgIpc) is 2.95. The fourth-order valence-electron chi connectivity index (χ4n) is 3.52. The second-order valence-corrected chi connectivity index (χ2v) is 5.58. The summed E-state index contributed by atoms with van der Waals surface area (Å²) < 4.78 is 0. The highest BCUT2D eigenvalue weighted by Crippen LogP contribution is 2.48. The minimum atomic E-state index is -0.771. The van der Waals surface area contributed by atoms with Gasteiger partial charge in [0, 0.05) is 12.6 Å². The fourth-order valence-corrected chi connectivity index (χ4v) is 3.52. The lowest BCUT2D eigenvalue weighted by atomic mass is 9.84. The highest BCUT2D eigenvalue weighted by molar-refractivity contribution is 5.77. The number of nitrogens with one attached hydrogen (secondary N) is 3. The van der Waals surface area contributed by atoms with Gasteiger partial charge in [-0.3, -0.25) is 4.79 Å². The van der Waals surface area contributed by atoms with Crippen LogP contribution in [0.1, 0.15) is 25.7 Å². The van der Waals surface area contributed by atoms with E-state index in [-0.39, 0.29) is 18.0 Å². The van der Waals surface area contributed by atoms with Crippen LogP contribution in [-0.4, -0.2) is 43.3 Å². The number of hydrogen-bond acceptors (Lipinski definition) is 3. The Hall–Kier alpha value is -1.30. The Morgan fingerprint density at radius 1 is 1.21 bits per heavy atom. The van der Waals surface area contributed by atoms with Gasteiger partial charge < -0.3 is 21.1 Å². The molecule has 0 heterocycles. The number of fused-ring (bicyclic) bond motifs is 2. The lowest BCUT2D eigenvalue weighted by Crippen LogP contribution is -2.50. The third kappa shape index (κ3) is 3.18. The van der Waals surface area contributed by atoms with E-state index in [1.807, 2.05) is 7.05 Å². The molecule has 0 aromatic heterocycles. The molecule has 2 bridgehead atoms. The Kier molecular flexibility index (Phi) is 4.63. The van der Waals surface area contributed by atoms with Crippen molar-refractivity contribution in [3.05, 3.63) is 0 Å². The molecule has 19 heavy (non-hydrogen) atoms.